The molecule has 0 fully saturated rings. The van der Waals surface area contributed by atoms with Crippen LogP contribution in [-0.4, -0.2) is 11.8 Å². The zero-order valence-corrected chi connectivity index (χ0v) is 18.6. The molecule has 0 aliphatic carbocycles. The monoisotopic (exact) mass is 455 g/mol. The molecule has 2 amide bonds. The third-order valence-electron chi connectivity index (χ3n) is 5.52. The minimum absolute atomic E-state index is 0.326. The summed E-state index contributed by atoms with van der Waals surface area (Å²) in [6.07, 6.45) is 1.18. The van der Waals surface area contributed by atoms with E-state index >= 15 is 0 Å². The lowest BCUT2D eigenvalue weighted by molar-refractivity contribution is -0.115. The molecule has 8 heteroatoms. The van der Waals surface area contributed by atoms with Crippen molar-refractivity contribution in [2.75, 3.05) is 15.6 Å². The van der Waals surface area contributed by atoms with Gasteiger partial charge in [0.05, 0.1) is 16.9 Å². The van der Waals surface area contributed by atoms with Gasteiger partial charge in [-0.05, 0) is 54.1 Å². The first-order valence-corrected chi connectivity index (χ1v) is 10.6. The average molecular weight is 456 g/mol. The number of amides is 2. The van der Waals surface area contributed by atoms with Crippen molar-refractivity contribution in [2.24, 2.45) is 11.6 Å². The maximum absolute atomic E-state index is 12.5. The van der Waals surface area contributed by atoms with Crippen LogP contribution >= 0.6 is 0 Å². The van der Waals surface area contributed by atoms with Gasteiger partial charge < -0.3 is 21.1 Å². The van der Waals surface area contributed by atoms with E-state index in [-0.39, 0.29) is 11.8 Å². The van der Waals surface area contributed by atoms with Crippen LogP contribution in [0.25, 0.3) is 0 Å². The summed E-state index contributed by atoms with van der Waals surface area (Å²) in [6, 6.07) is 22.1. The standard InChI is InChI=1S/C26H25N5O3/c1-3-23(32)29-18-11-14-21-22(15-18)31(28)26(30-21)24(25(27)33)16(2)17-9-12-20(13-10-17)34-19-7-5-4-6-8-19/h3-16,30H,1,28H2,2H3,(H2,27,33)(H,29,32)/b26-24+. The first kappa shape index (κ1) is 22.6. The SMILES string of the molecule is C=CC(=O)Nc1ccc2c(c1)N(N)/C(=C(/C(N)=O)C(C)c1ccc(Oc3ccccc3)cc1)N2. The van der Waals surface area contributed by atoms with Crippen molar-refractivity contribution >= 4 is 28.9 Å². The summed E-state index contributed by atoms with van der Waals surface area (Å²) in [5.74, 6) is 6.85. The number of benzene rings is 3. The number of hydrazine groups is 1. The summed E-state index contributed by atoms with van der Waals surface area (Å²) in [5, 5.41) is 7.23. The largest absolute Gasteiger partial charge is 0.457 e. The van der Waals surface area contributed by atoms with Crippen LogP contribution in [0.4, 0.5) is 17.1 Å². The lowest BCUT2D eigenvalue weighted by Gasteiger charge is -2.21. The molecule has 1 unspecified atom stereocenters. The molecule has 3 aromatic carbocycles. The third kappa shape index (κ3) is 4.62. The third-order valence-corrected chi connectivity index (χ3v) is 5.52. The lowest BCUT2D eigenvalue weighted by atomic mass is 9.92. The summed E-state index contributed by atoms with van der Waals surface area (Å²) >= 11 is 0. The topological polar surface area (TPSA) is 123 Å². The predicted octanol–water partition coefficient (Wildman–Crippen LogP) is 4.21. The number of nitrogens with one attached hydrogen (secondary N) is 2. The number of para-hydroxylation sites is 1. The van der Waals surface area contributed by atoms with Gasteiger partial charge in [-0.15, -0.1) is 0 Å². The van der Waals surface area contributed by atoms with Crippen LogP contribution in [0, 0.1) is 0 Å². The molecule has 0 bridgehead atoms. The Morgan fingerprint density at radius 1 is 1.06 bits per heavy atom. The molecule has 0 radical (unpaired) electrons. The molecular weight excluding hydrogens is 430 g/mol. The number of rotatable bonds is 7. The fraction of sp³-hybridized carbons (Fsp3) is 0.0769. The van der Waals surface area contributed by atoms with E-state index in [0.717, 1.165) is 11.3 Å². The van der Waals surface area contributed by atoms with Crippen LogP contribution in [0.3, 0.4) is 0 Å². The second kappa shape index (κ2) is 9.51. The van der Waals surface area contributed by atoms with E-state index in [0.29, 0.717) is 34.2 Å². The number of hydrogen-bond acceptors (Lipinski definition) is 6. The number of nitrogens with two attached hydrogens (primary N) is 2. The smallest absolute Gasteiger partial charge is 0.248 e. The summed E-state index contributed by atoms with van der Waals surface area (Å²) in [7, 11) is 0. The number of carbonyl (C=O) groups excluding carboxylic acids is 2. The zero-order chi connectivity index (χ0) is 24.2. The molecule has 6 N–H and O–H groups in total. The van der Waals surface area contributed by atoms with Crippen LogP contribution in [0.5, 0.6) is 11.5 Å². The number of anilines is 3. The van der Waals surface area contributed by atoms with Gasteiger partial charge in [-0.1, -0.05) is 43.8 Å². The highest BCUT2D eigenvalue weighted by Crippen LogP contribution is 2.40. The molecule has 0 spiro atoms. The van der Waals surface area contributed by atoms with Gasteiger partial charge in [0.2, 0.25) is 11.8 Å². The van der Waals surface area contributed by atoms with Gasteiger partial charge in [-0.3, -0.25) is 14.6 Å². The Bertz CT molecular complexity index is 1270. The van der Waals surface area contributed by atoms with Gasteiger partial charge in [-0.25, -0.2) is 5.84 Å². The summed E-state index contributed by atoms with van der Waals surface area (Å²) < 4.78 is 5.85. The van der Waals surface area contributed by atoms with Crippen molar-refractivity contribution < 1.29 is 14.3 Å². The number of fused-ring (bicyclic) bond motifs is 1. The van der Waals surface area contributed by atoms with E-state index in [4.69, 9.17) is 16.3 Å². The molecule has 0 saturated carbocycles. The maximum atomic E-state index is 12.5. The number of ether oxygens (including phenoxy) is 1. The second-order valence-corrected chi connectivity index (χ2v) is 7.75. The van der Waals surface area contributed by atoms with Crippen molar-refractivity contribution in [1.82, 2.24) is 0 Å². The van der Waals surface area contributed by atoms with Crippen molar-refractivity contribution in [3.63, 3.8) is 0 Å². The molecule has 172 valence electrons. The normalized spacial score (nSPS) is 14.5. The molecule has 1 heterocycles. The molecular formula is C26H25N5O3. The van der Waals surface area contributed by atoms with Crippen LogP contribution in [0.1, 0.15) is 18.4 Å². The fourth-order valence-corrected chi connectivity index (χ4v) is 3.76. The van der Waals surface area contributed by atoms with Gasteiger partial charge >= 0.3 is 0 Å². The van der Waals surface area contributed by atoms with Gasteiger partial charge in [0.1, 0.15) is 17.3 Å². The molecule has 1 aliphatic heterocycles. The second-order valence-electron chi connectivity index (χ2n) is 7.75. The van der Waals surface area contributed by atoms with Crippen molar-refractivity contribution in [1.29, 1.82) is 0 Å². The number of hydrogen-bond donors (Lipinski definition) is 4. The first-order valence-electron chi connectivity index (χ1n) is 10.6. The van der Waals surface area contributed by atoms with E-state index in [9.17, 15) is 9.59 Å². The highest BCUT2D eigenvalue weighted by molar-refractivity contribution is 6.01. The zero-order valence-electron chi connectivity index (χ0n) is 18.6. The van der Waals surface area contributed by atoms with E-state index in [1.54, 1.807) is 18.2 Å². The quantitative estimate of drug-likeness (QED) is 0.313. The van der Waals surface area contributed by atoms with Crippen molar-refractivity contribution in [2.45, 2.75) is 12.8 Å². The number of carbonyl (C=O) groups is 2. The lowest BCUT2D eigenvalue weighted by Crippen LogP contribution is -2.33. The molecule has 0 saturated heterocycles. The fourth-order valence-electron chi connectivity index (χ4n) is 3.76. The van der Waals surface area contributed by atoms with Crippen molar-refractivity contribution in [3.8, 4) is 11.5 Å². The first-order chi connectivity index (χ1) is 16.4. The van der Waals surface area contributed by atoms with E-state index < -0.39 is 5.91 Å². The number of nitrogens with zero attached hydrogens (tertiary/aromatic N) is 1. The van der Waals surface area contributed by atoms with Crippen LogP contribution in [0.15, 0.2) is 96.8 Å². The Morgan fingerprint density at radius 3 is 2.38 bits per heavy atom. The van der Waals surface area contributed by atoms with Gasteiger partial charge in [0.15, 0.2) is 0 Å². The van der Waals surface area contributed by atoms with Crippen molar-refractivity contribution in [3.05, 3.63) is 102 Å². The Morgan fingerprint density at radius 2 is 1.74 bits per heavy atom. The highest BCUT2D eigenvalue weighted by Gasteiger charge is 2.30. The van der Waals surface area contributed by atoms with Gasteiger partial charge in [0.25, 0.3) is 0 Å². The summed E-state index contributed by atoms with van der Waals surface area (Å²) in [6.45, 7) is 5.33. The van der Waals surface area contributed by atoms with Crippen LogP contribution in [-0.2, 0) is 9.59 Å². The average Bonchev–Trinajstić information content (AvgIpc) is 3.15. The molecule has 34 heavy (non-hydrogen) atoms. The number of primary amides is 1. The Hall–Kier alpha value is -4.56. The van der Waals surface area contributed by atoms with E-state index in [2.05, 4.69) is 17.2 Å². The Kier molecular flexibility index (Phi) is 6.33. The summed E-state index contributed by atoms with van der Waals surface area (Å²) in [5.41, 5.74) is 8.80. The van der Waals surface area contributed by atoms with E-state index in [1.807, 2.05) is 61.5 Å². The van der Waals surface area contributed by atoms with Gasteiger partial charge in [0, 0.05) is 11.6 Å². The molecule has 8 nitrogen and oxygen atoms in total. The minimum Gasteiger partial charge on any atom is -0.457 e. The molecule has 1 atom stereocenters. The maximum Gasteiger partial charge on any atom is 0.248 e. The minimum atomic E-state index is -0.594. The highest BCUT2D eigenvalue weighted by atomic mass is 16.5. The Balaban J connectivity index is 1.60. The predicted molar refractivity (Wildman–Crippen MR) is 133 cm³/mol. The Labute approximate surface area is 197 Å². The van der Waals surface area contributed by atoms with Crippen LogP contribution in [0.2, 0.25) is 0 Å². The molecule has 4 rings (SSSR count). The van der Waals surface area contributed by atoms with E-state index in [1.165, 1.54) is 11.1 Å². The molecule has 1 aliphatic rings. The molecule has 3 aromatic rings. The summed E-state index contributed by atoms with van der Waals surface area (Å²) in [4.78, 5) is 24.1. The molecule has 0 aromatic heterocycles. The van der Waals surface area contributed by atoms with Gasteiger partial charge in [-0.2, -0.15) is 0 Å². The van der Waals surface area contributed by atoms with Crippen LogP contribution < -0.4 is 32.0 Å².